The highest BCUT2D eigenvalue weighted by Crippen LogP contribution is 2.32. The third kappa shape index (κ3) is 4.02. The van der Waals surface area contributed by atoms with Crippen LogP contribution in [0.25, 0.3) is 11.4 Å². The molecule has 1 aromatic heterocycles. The standard InChI is InChI=1S/C16H11ClF2N2O3S/c17-16(18,19)15-20-14(21-24-15)12-7-4-8-13(9-12)25(22,23)10-11-5-2-1-3-6-11/h1-9H,10H2. The Morgan fingerprint density at radius 1 is 1.08 bits per heavy atom. The largest absolute Gasteiger partial charge is 0.400 e. The number of alkyl halides is 3. The maximum Gasteiger partial charge on any atom is 0.400 e. The van der Waals surface area contributed by atoms with E-state index in [-0.39, 0.29) is 22.0 Å². The molecule has 0 atom stereocenters. The lowest BCUT2D eigenvalue weighted by Gasteiger charge is -2.06. The van der Waals surface area contributed by atoms with Gasteiger partial charge >= 0.3 is 11.3 Å². The zero-order chi connectivity index (χ0) is 18.1. The van der Waals surface area contributed by atoms with Crippen LogP contribution in [0, 0.1) is 0 Å². The molecule has 0 spiro atoms. The Labute approximate surface area is 147 Å². The summed E-state index contributed by atoms with van der Waals surface area (Å²) in [6.07, 6.45) is 0. The van der Waals surface area contributed by atoms with E-state index in [1.54, 1.807) is 30.3 Å². The van der Waals surface area contributed by atoms with Crippen LogP contribution in [0.3, 0.4) is 0 Å². The number of sulfone groups is 1. The van der Waals surface area contributed by atoms with Gasteiger partial charge in [-0.25, -0.2) is 8.42 Å². The number of hydrogen-bond acceptors (Lipinski definition) is 5. The molecule has 1 heterocycles. The Balaban J connectivity index is 1.92. The summed E-state index contributed by atoms with van der Waals surface area (Å²) in [7, 11) is -3.63. The minimum Gasteiger partial charge on any atom is -0.331 e. The van der Waals surface area contributed by atoms with E-state index in [2.05, 4.69) is 14.7 Å². The predicted molar refractivity (Wildman–Crippen MR) is 86.8 cm³/mol. The Morgan fingerprint density at radius 3 is 2.44 bits per heavy atom. The van der Waals surface area contributed by atoms with Gasteiger partial charge in [0.1, 0.15) is 0 Å². The Hall–Kier alpha value is -2.32. The fourth-order valence-electron chi connectivity index (χ4n) is 2.16. The van der Waals surface area contributed by atoms with E-state index in [0.29, 0.717) is 5.56 Å². The average Bonchev–Trinajstić information content (AvgIpc) is 3.06. The molecule has 3 aromatic rings. The highest BCUT2D eigenvalue weighted by Gasteiger charge is 2.35. The summed E-state index contributed by atoms with van der Waals surface area (Å²) in [6, 6.07) is 14.4. The molecule has 0 fully saturated rings. The normalized spacial score (nSPS) is 12.3. The van der Waals surface area contributed by atoms with E-state index in [1.165, 1.54) is 24.3 Å². The third-order valence-corrected chi connectivity index (χ3v) is 5.17. The Kier molecular flexibility index (Phi) is 4.57. The van der Waals surface area contributed by atoms with Gasteiger partial charge in [0.25, 0.3) is 0 Å². The van der Waals surface area contributed by atoms with Crippen molar-refractivity contribution in [3.8, 4) is 11.4 Å². The summed E-state index contributed by atoms with van der Waals surface area (Å²) < 4.78 is 55.4. The SMILES string of the molecule is O=S(=O)(Cc1ccccc1)c1cccc(-c2noc(C(F)(F)Cl)n2)c1. The lowest BCUT2D eigenvalue weighted by Crippen LogP contribution is -2.05. The summed E-state index contributed by atoms with van der Waals surface area (Å²) in [5.74, 6) is -1.41. The van der Waals surface area contributed by atoms with Crippen LogP contribution >= 0.6 is 11.6 Å². The van der Waals surface area contributed by atoms with Gasteiger partial charge < -0.3 is 4.52 Å². The van der Waals surface area contributed by atoms with Gasteiger partial charge in [-0.15, -0.1) is 0 Å². The number of aromatic nitrogens is 2. The average molecular weight is 385 g/mol. The summed E-state index contributed by atoms with van der Waals surface area (Å²) in [4.78, 5) is 3.53. The zero-order valence-corrected chi connectivity index (χ0v) is 14.1. The van der Waals surface area contributed by atoms with E-state index >= 15 is 0 Å². The second kappa shape index (κ2) is 6.53. The van der Waals surface area contributed by atoms with Crippen molar-refractivity contribution in [2.75, 3.05) is 0 Å². The van der Waals surface area contributed by atoms with Crippen LogP contribution in [-0.4, -0.2) is 18.6 Å². The highest BCUT2D eigenvalue weighted by atomic mass is 35.5. The molecule has 0 amide bonds. The lowest BCUT2D eigenvalue weighted by molar-refractivity contribution is 0.0551. The molecule has 5 nitrogen and oxygen atoms in total. The van der Waals surface area contributed by atoms with Crippen LogP contribution in [0.4, 0.5) is 8.78 Å². The predicted octanol–water partition coefficient (Wildman–Crippen LogP) is 4.00. The molecule has 25 heavy (non-hydrogen) atoms. The molecule has 0 aliphatic rings. The summed E-state index contributed by atoms with van der Waals surface area (Å²) in [5.41, 5.74) is 0.863. The van der Waals surface area contributed by atoms with Crippen molar-refractivity contribution in [3.05, 3.63) is 66.1 Å². The second-order valence-electron chi connectivity index (χ2n) is 5.19. The lowest BCUT2D eigenvalue weighted by atomic mass is 10.2. The van der Waals surface area contributed by atoms with Crippen LogP contribution in [0.5, 0.6) is 0 Å². The first-order valence-electron chi connectivity index (χ1n) is 7.04. The van der Waals surface area contributed by atoms with Gasteiger partial charge in [-0.2, -0.15) is 13.8 Å². The quantitative estimate of drug-likeness (QED) is 0.622. The van der Waals surface area contributed by atoms with E-state index in [1.807, 2.05) is 0 Å². The minimum atomic E-state index is -3.79. The summed E-state index contributed by atoms with van der Waals surface area (Å²) in [5, 5.41) is -0.375. The number of rotatable bonds is 5. The highest BCUT2D eigenvalue weighted by molar-refractivity contribution is 7.90. The van der Waals surface area contributed by atoms with Crippen molar-refractivity contribution in [3.63, 3.8) is 0 Å². The van der Waals surface area contributed by atoms with Crippen molar-refractivity contribution in [1.29, 1.82) is 0 Å². The molecule has 0 saturated carbocycles. The minimum absolute atomic E-state index is 0.0258. The molecule has 0 bridgehead atoms. The molecule has 0 aliphatic heterocycles. The molecule has 0 N–H and O–H groups in total. The maximum atomic E-state index is 13.0. The van der Waals surface area contributed by atoms with E-state index in [0.717, 1.165) is 0 Å². The fraction of sp³-hybridized carbons (Fsp3) is 0.125. The molecule has 0 saturated heterocycles. The smallest absolute Gasteiger partial charge is 0.331 e. The molecular formula is C16H11ClF2N2O3S. The molecular weight excluding hydrogens is 374 g/mol. The number of halogens is 3. The van der Waals surface area contributed by atoms with E-state index in [9.17, 15) is 17.2 Å². The number of nitrogens with zero attached hydrogens (tertiary/aromatic N) is 2. The molecule has 130 valence electrons. The van der Waals surface area contributed by atoms with Gasteiger partial charge in [0.15, 0.2) is 9.84 Å². The van der Waals surface area contributed by atoms with Crippen molar-refractivity contribution < 1.29 is 21.7 Å². The molecule has 2 aromatic carbocycles. The van der Waals surface area contributed by atoms with Crippen LogP contribution in [0.15, 0.2) is 64.0 Å². The van der Waals surface area contributed by atoms with Crippen LogP contribution in [0.2, 0.25) is 0 Å². The van der Waals surface area contributed by atoms with Gasteiger partial charge in [-0.05, 0) is 29.3 Å². The molecule has 0 aliphatic carbocycles. The van der Waals surface area contributed by atoms with Crippen molar-refractivity contribution in [2.24, 2.45) is 0 Å². The number of hydrogen-bond donors (Lipinski definition) is 0. The summed E-state index contributed by atoms with van der Waals surface area (Å²) >= 11 is 4.83. The topological polar surface area (TPSA) is 73.1 Å². The van der Waals surface area contributed by atoms with Gasteiger partial charge in [-0.1, -0.05) is 47.6 Å². The Morgan fingerprint density at radius 2 is 1.80 bits per heavy atom. The van der Waals surface area contributed by atoms with Crippen LogP contribution in [-0.2, 0) is 21.0 Å². The van der Waals surface area contributed by atoms with Gasteiger partial charge in [0.2, 0.25) is 5.82 Å². The molecule has 0 unspecified atom stereocenters. The first-order valence-corrected chi connectivity index (χ1v) is 9.07. The maximum absolute atomic E-state index is 13.0. The molecule has 3 rings (SSSR count). The monoisotopic (exact) mass is 384 g/mol. The molecule has 9 heteroatoms. The van der Waals surface area contributed by atoms with Crippen LogP contribution in [0.1, 0.15) is 11.5 Å². The first-order chi connectivity index (χ1) is 11.8. The third-order valence-electron chi connectivity index (χ3n) is 3.32. The van der Waals surface area contributed by atoms with E-state index < -0.39 is 21.1 Å². The van der Waals surface area contributed by atoms with Crippen LogP contribution < -0.4 is 0 Å². The van der Waals surface area contributed by atoms with Crippen molar-refractivity contribution in [2.45, 2.75) is 16.0 Å². The zero-order valence-electron chi connectivity index (χ0n) is 12.6. The number of benzene rings is 2. The van der Waals surface area contributed by atoms with Gasteiger partial charge in [0, 0.05) is 5.56 Å². The van der Waals surface area contributed by atoms with Crippen molar-refractivity contribution in [1.82, 2.24) is 10.1 Å². The Bertz CT molecular complexity index is 986. The summed E-state index contributed by atoms with van der Waals surface area (Å²) in [6.45, 7) is 0. The van der Waals surface area contributed by atoms with Gasteiger partial charge in [0.05, 0.1) is 10.6 Å². The van der Waals surface area contributed by atoms with E-state index in [4.69, 9.17) is 11.6 Å². The first kappa shape index (κ1) is 17.5. The van der Waals surface area contributed by atoms with Gasteiger partial charge in [-0.3, -0.25) is 0 Å². The van der Waals surface area contributed by atoms with Crippen molar-refractivity contribution >= 4 is 21.4 Å². The molecule has 0 radical (unpaired) electrons. The second-order valence-corrected chi connectivity index (χ2v) is 7.66. The fourth-order valence-corrected chi connectivity index (χ4v) is 3.63.